The maximum absolute atomic E-state index is 13.5. The summed E-state index contributed by atoms with van der Waals surface area (Å²) < 4.78 is 16.1. The number of hydrogen-bond donors (Lipinski definition) is 1. The van der Waals surface area contributed by atoms with Gasteiger partial charge in [-0.2, -0.15) is 0 Å². The largest absolute Gasteiger partial charge is 0.507 e. The van der Waals surface area contributed by atoms with E-state index in [9.17, 15) is 14.7 Å². The summed E-state index contributed by atoms with van der Waals surface area (Å²) in [6.07, 6.45) is 0.846. The summed E-state index contributed by atoms with van der Waals surface area (Å²) in [5.41, 5.74) is 3.45. The van der Waals surface area contributed by atoms with Gasteiger partial charge in [0.15, 0.2) is 0 Å². The molecular weight excluding hydrogens is 458 g/mol. The van der Waals surface area contributed by atoms with Crippen LogP contribution in [0.1, 0.15) is 35.2 Å². The maximum atomic E-state index is 13.5. The maximum Gasteiger partial charge on any atom is 0.300 e. The van der Waals surface area contributed by atoms with Crippen molar-refractivity contribution in [2.24, 2.45) is 0 Å². The van der Waals surface area contributed by atoms with Gasteiger partial charge in [-0.1, -0.05) is 31.2 Å². The predicted molar refractivity (Wildman–Crippen MR) is 138 cm³/mol. The number of carbonyl (C=O) groups excluding carboxylic acids is 2. The van der Waals surface area contributed by atoms with Gasteiger partial charge in [0, 0.05) is 23.8 Å². The second-order valence-electron chi connectivity index (χ2n) is 8.52. The molecule has 1 unspecified atom stereocenters. The van der Waals surface area contributed by atoms with E-state index in [0.717, 1.165) is 17.5 Å². The second-order valence-corrected chi connectivity index (χ2v) is 8.52. The zero-order valence-electron chi connectivity index (χ0n) is 21.0. The third-order valence-electron chi connectivity index (χ3n) is 6.43. The lowest BCUT2D eigenvalue weighted by molar-refractivity contribution is -0.132. The second kappa shape index (κ2) is 10.2. The smallest absolute Gasteiger partial charge is 0.300 e. The molecule has 0 aliphatic carbocycles. The van der Waals surface area contributed by atoms with Crippen LogP contribution in [0, 0.1) is 6.92 Å². The quantitative estimate of drug-likeness (QED) is 0.280. The van der Waals surface area contributed by atoms with Crippen molar-refractivity contribution in [3.05, 3.63) is 88.5 Å². The highest BCUT2D eigenvalue weighted by molar-refractivity contribution is 6.51. The van der Waals surface area contributed by atoms with E-state index in [1.54, 1.807) is 43.5 Å². The number of methoxy groups -OCH3 is 3. The molecule has 3 aromatic carbocycles. The molecule has 1 atom stereocenters. The van der Waals surface area contributed by atoms with E-state index in [1.165, 1.54) is 19.1 Å². The van der Waals surface area contributed by atoms with Gasteiger partial charge in [0.2, 0.25) is 0 Å². The summed E-state index contributed by atoms with van der Waals surface area (Å²) in [6.45, 7) is 3.90. The molecule has 1 amide bonds. The van der Waals surface area contributed by atoms with E-state index in [0.29, 0.717) is 34.1 Å². The van der Waals surface area contributed by atoms with Gasteiger partial charge >= 0.3 is 0 Å². The van der Waals surface area contributed by atoms with Crippen LogP contribution in [-0.2, 0) is 16.0 Å². The summed E-state index contributed by atoms with van der Waals surface area (Å²) in [6, 6.07) is 17.0. The van der Waals surface area contributed by atoms with Crippen molar-refractivity contribution < 1.29 is 28.9 Å². The number of ether oxygens (including phenoxy) is 3. The van der Waals surface area contributed by atoms with Crippen LogP contribution in [0.2, 0.25) is 0 Å². The fourth-order valence-corrected chi connectivity index (χ4v) is 4.46. The lowest BCUT2D eigenvalue weighted by Crippen LogP contribution is -2.29. The van der Waals surface area contributed by atoms with Crippen molar-refractivity contribution in [2.45, 2.75) is 26.3 Å². The van der Waals surface area contributed by atoms with Gasteiger partial charge < -0.3 is 19.3 Å². The van der Waals surface area contributed by atoms with Gasteiger partial charge in [0.1, 0.15) is 23.0 Å². The lowest BCUT2D eigenvalue weighted by Gasteiger charge is -2.26. The third kappa shape index (κ3) is 4.40. The number of aliphatic hydroxyl groups is 1. The Hall–Kier alpha value is -4.26. The number of aryl methyl sites for hydroxylation is 2. The summed E-state index contributed by atoms with van der Waals surface area (Å²) in [7, 11) is 4.59. The minimum atomic E-state index is -0.852. The van der Waals surface area contributed by atoms with Crippen molar-refractivity contribution in [1.29, 1.82) is 0 Å². The first-order chi connectivity index (χ1) is 17.3. The summed E-state index contributed by atoms with van der Waals surface area (Å²) >= 11 is 0. The summed E-state index contributed by atoms with van der Waals surface area (Å²) in [5, 5.41) is 11.4. The Labute approximate surface area is 210 Å². The first-order valence-corrected chi connectivity index (χ1v) is 11.6. The standard InChI is InChI=1S/C29H29NO6/c1-6-18-7-9-19(10-8-18)26-25(27(31)20-11-12-24(36-5)17(2)13-20)28(32)29(33)30(26)21-14-22(34-3)16-23(15-21)35-4/h7-16,26,31H,6H2,1-5H3/b27-25+. The fraction of sp³-hybridized carbons (Fsp3) is 0.241. The molecule has 4 rings (SSSR count). The topological polar surface area (TPSA) is 85.3 Å². The van der Waals surface area contributed by atoms with Gasteiger partial charge in [-0.25, -0.2) is 0 Å². The van der Waals surface area contributed by atoms with Gasteiger partial charge in [-0.3, -0.25) is 14.5 Å². The Morgan fingerprint density at radius 3 is 2.06 bits per heavy atom. The zero-order chi connectivity index (χ0) is 26.0. The molecular formula is C29H29NO6. The number of anilines is 1. The van der Waals surface area contributed by atoms with Crippen LogP contribution in [0.15, 0.2) is 66.2 Å². The van der Waals surface area contributed by atoms with Crippen LogP contribution in [0.3, 0.4) is 0 Å². The van der Waals surface area contributed by atoms with Crippen LogP contribution in [0.5, 0.6) is 17.2 Å². The third-order valence-corrected chi connectivity index (χ3v) is 6.43. The molecule has 1 fully saturated rings. The Morgan fingerprint density at radius 2 is 1.53 bits per heavy atom. The first kappa shape index (κ1) is 24.9. The summed E-state index contributed by atoms with van der Waals surface area (Å²) in [4.78, 5) is 28.3. The Morgan fingerprint density at radius 1 is 0.889 bits per heavy atom. The molecule has 186 valence electrons. The Balaban J connectivity index is 1.95. The van der Waals surface area contributed by atoms with Gasteiger partial charge in [0.25, 0.3) is 11.7 Å². The average molecular weight is 488 g/mol. The van der Waals surface area contributed by atoms with Gasteiger partial charge in [-0.15, -0.1) is 0 Å². The molecule has 1 saturated heterocycles. The number of rotatable bonds is 7. The normalized spacial score (nSPS) is 16.8. The van der Waals surface area contributed by atoms with Gasteiger partial charge in [-0.05, 0) is 48.2 Å². The fourth-order valence-electron chi connectivity index (χ4n) is 4.46. The van der Waals surface area contributed by atoms with Gasteiger partial charge in [0.05, 0.1) is 38.6 Å². The molecule has 0 saturated carbocycles. The number of hydrogen-bond acceptors (Lipinski definition) is 6. The van der Waals surface area contributed by atoms with E-state index >= 15 is 0 Å². The van der Waals surface area contributed by atoms with E-state index in [1.807, 2.05) is 31.2 Å². The van der Waals surface area contributed by atoms with Crippen LogP contribution < -0.4 is 19.1 Å². The SMILES string of the molecule is CCc1ccc(C2/C(=C(\O)c3ccc(OC)c(C)c3)C(=O)C(=O)N2c2cc(OC)cc(OC)c2)cc1. The van der Waals surface area contributed by atoms with Crippen LogP contribution in [-0.4, -0.2) is 38.1 Å². The van der Waals surface area contributed by atoms with Crippen molar-refractivity contribution in [3.8, 4) is 17.2 Å². The minimum absolute atomic E-state index is 0.00982. The van der Waals surface area contributed by atoms with Crippen molar-refractivity contribution in [3.63, 3.8) is 0 Å². The van der Waals surface area contributed by atoms with E-state index in [4.69, 9.17) is 14.2 Å². The zero-order valence-corrected chi connectivity index (χ0v) is 21.0. The molecule has 0 aromatic heterocycles. The molecule has 1 heterocycles. The van der Waals surface area contributed by atoms with Crippen molar-refractivity contribution in [1.82, 2.24) is 0 Å². The molecule has 0 radical (unpaired) electrons. The monoisotopic (exact) mass is 487 g/mol. The Kier molecular flexibility index (Phi) is 7.01. The minimum Gasteiger partial charge on any atom is -0.507 e. The van der Waals surface area contributed by atoms with Crippen LogP contribution >= 0.6 is 0 Å². The highest BCUT2D eigenvalue weighted by Gasteiger charge is 2.47. The van der Waals surface area contributed by atoms with Crippen molar-refractivity contribution in [2.75, 3.05) is 26.2 Å². The number of amides is 1. The van der Waals surface area contributed by atoms with Crippen molar-refractivity contribution >= 4 is 23.1 Å². The number of ketones is 1. The Bertz CT molecular complexity index is 1320. The van der Waals surface area contributed by atoms with Crippen LogP contribution in [0.4, 0.5) is 5.69 Å². The van der Waals surface area contributed by atoms with Crippen LogP contribution in [0.25, 0.3) is 5.76 Å². The number of carbonyl (C=O) groups is 2. The summed E-state index contributed by atoms with van der Waals surface area (Å²) in [5.74, 6) is -0.175. The number of Topliss-reactive ketones (excluding diaryl/α,β-unsaturated/α-hetero) is 1. The molecule has 7 nitrogen and oxygen atoms in total. The average Bonchev–Trinajstić information content (AvgIpc) is 3.17. The molecule has 0 spiro atoms. The molecule has 1 aliphatic rings. The van der Waals surface area contributed by atoms with E-state index in [2.05, 4.69) is 6.92 Å². The molecule has 1 N–H and O–H groups in total. The highest BCUT2D eigenvalue weighted by Crippen LogP contribution is 2.44. The van der Waals surface area contributed by atoms with E-state index in [-0.39, 0.29) is 11.3 Å². The molecule has 7 heteroatoms. The molecule has 0 bridgehead atoms. The molecule has 36 heavy (non-hydrogen) atoms. The number of nitrogens with zero attached hydrogens (tertiary/aromatic N) is 1. The molecule has 1 aliphatic heterocycles. The first-order valence-electron chi connectivity index (χ1n) is 11.6. The predicted octanol–water partition coefficient (Wildman–Crippen LogP) is 5.21. The number of aliphatic hydroxyl groups excluding tert-OH is 1. The lowest BCUT2D eigenvalue weighted by atomic mass is 9.94. The highest BCUT2D eigenvalue weighted by atomic mass is 16.5. The number of benzene rings is 3. The molecule has 3 aromatic rings. The van der Waals surface area contributed by atoms with E-state index < -0.39 is 17.7 Å².